The van der Waals surface area contributed by atoms with Crippen molar-refractivity contribution in [2.45, 2.75) is 19.5 Å². The Morgan fingerprint density at radius 1 is 1.34 bits per heavy atom. The predicted molar refractivity (Wildman–Crippen MR) is 127 cm³/mol. The molecule has 0 amide bonds. The molecular formula is C24H20F2N8O. The highest BCUT2D eigenvalue weighted by atomic mass is 19.3. The van der Waals surface area contributed by atoms with Gasteiger partial charge in [0.1, 0.15) is 23.1 Å². The zero-order valence-electron chi connectivity index (χ0n) is 18.7. The third-order valence-corrected chi connectivity index (χ3v) is 5.79. The molecule has 0 unspecified atom stereocenters. The summed E-state index contributed by atoms with van der Waals surface area (Å²) in [4.78, 5) is 10.7. The third kappa shape index (κ3) is 3.83. The quantitative estimate of drug-likeness (QED) is 0.608. The molecule has 2 aliphatic rings. The van der Waals surface area contributed by atoms with Gasteiger partial charge in [-0.1, -0.05) is 12.7 Å². The van der Waals surface area contributed by atoms with Crippen LogP contribution in [-0.4, -0.2) is 54.4 Å². The summed E-state index contributed by atoms with van der Waals surface area (Å²) in [6.07, 6.45) is 8.89. The molecule has 4 heterocycles. The molecule has 1 aliphatic heterocycles. The number of hydrogen-bond acceptors (Lipinski definition) is 7. The normalized spacial score (nSPS) is 18.4. The van der Waals surface area contributed by atoms with Gasteiger partial charge in [0.2, 0.25) is 0 Å². The van der Waals surface area contributed by atoms with Crippen LogP contribution in [0.2, 0.25) is 0 Å². The maximum Gasteiger partial charge on any atom is 0.283 e. The van der Waals surface area contributed by atoms with E-state index in [1.165, 1.54) is 10.7 Å². The number of nitriles is 1. The van der Waals surface area contributed by atoms with Gasteiger partial charge in [-0.2, -0.15) is 20.0 Å². The Balaban J connectivity index is 1.70. The summed E-state index contributed by atoms with van der Waals surface area (Å²) < 4.78 is 30.3. The number of fused-ring (bicyclic) bond motifs is 1. The van der Waals surface area contributed by atoms with Crippen molar-refractivity contribution >= 4 is 28.9 Å². The van der Waals surface area contributed by atoms with Crippen LogP contribution in [0.1, 0.15) is 28.9 Å². The summed E-state index contributed by atoms with van der Waals surface area (Å²) in [5.41, 5.74) is 2.46. The highest BCUT2D eigenvalue weighted by Gasteiger charge is 2.32. The van der Waals surface area contributed by atoms with E-state index in [1.54, 1.807) is 17.8 Å². The van der Waals surface area contributed by atoms with Crippen molar-refractivity contribution in [3.05, 3.63) is 77.6 Å². The number of nitrogens with zero attached hydrogens (tertiary/aromatic N) is 8. The van der Waals surface area contributed by atoms with Crippen molar-refractivity contribution in [3.63, 3.8) is 0 Å². The lowest BCUT2D eigenvalue weighted by Crippen LogP contribution is -2.52. The van der Waals surface area contributed by atoms with E-state index in [-0.39, 0.29) is 11.2 Å². The first-order valence-corrected chi connectivity index (χ1v) is 10.8. The van der Waals surface area contributed by atoms with Crippen LogP contribution >= 0.6 is 0 Å². The van der Waals surface area contributed by atoms with Gasteiger partial charge in [-0.15, -0.1) is 0 Å². The summed E-state index contributed by atoms with van der Waals surface area (Å²) in [6.45, 7) is 6.04. The van der Waals surface area contributed by atoms with Gasteiger partial charge in [0.25, 0.3) is 6.43 Å². The zero-order chi connectivity index (χ0) is 24.7. The molecule has 1 fully saturated rings. The van der Waals surface area contributed by atoms with Gasteiger partial charge in [0, 0.05) is 42.8 Å². The Hall–Kier alpha value is -4.43. The SMILES string of the molecule is C=CN=C1C=C(n2cccn2)C=C/C1=C\c1c(C)nc2c(C#N)c(C(F)F)nn2c1N1CC(O)C1. The summed E-state index contributed by atoms with van der Waals surface area (Å²) in [5, 5.41) is 27.7. The number of anilines is 1. The molecule has 0 bridgehead atoms. The van der Waals surface area contributed by atoms with E-state index in [0.29, 0.717) is 35.9 Å². The molecule has 0 saturated carbocycles. The van der Waals surface area contributed by atoms with Gasteiger partial charge in [0.15, 0.2) is 5.65 Å². The van der Waals surface area contributed by atoms with Crippen LogP contribution in [0, 0.1) is 18.3 Å². The summed E-state index contributed by atoms with van der Waals surface area (Å²) in [7, 11) is 0. The largest absolute Gasteiger partial charge is 0.389 e. The van der Waals surface area contributed by atoms with Crippen LogP contribution in [0.25, 0.3) is 17.4 Å². The first-order valence-electron chi connectivity index (χ1n) is 10.8. The highest BCUT2D eigenvalue weighted by Crippen LogP contribution is 2.34. The van der Waals surface area contributed by atoms with Crippen LogP contribution < -0.4 is 4.90 Å². The van der Waals surface area contributed by atoms with Gasteiger partial charge in [-0.3, -0.25) is 4.99 Å². The molecule has 176 valence electrons. The summed E-state index contributed by atoms with van der Waals surface area (Å²) in [6, 6.07) is 3.63. The maximum atomic E-state index is 13.6. The second kappa shape index (κ2) is 8.73. The number of aliphatic imine (C=N–C) groups is 1. The first-order chi connectivity index (χ1) is 16.9. The number of aromatic nitrogens is 5. The Morgan fingerprint density at radius 2 is 2.14 bits per heavy atom. The monoisotopic (exact) mass is 474 g/mol. The van der Waals surface area contributed by atoms with Crippen molar-refractivity contribution in [2.24, 2.45) is 4.99 Å². The number of aliphatic hydroxyl groups excluding tert-OH is 1. The molecule has 5 rings (SSSR count). The van der Waals surface area contributed by atoms with Crippen LogP contribution in [0.5, 0.6) is 0 Å². The first kappa shape index (κ1) is 22.4. The molecule has 0 atom stereocenters. The lowest BCUT2D eigenvalue weighted by Gasteiger charge is -2.38. The average Bonchev–Trinajstić information content (AvgIpc) is 3.47. The number of halogens is 2. The minimum Gasteiger partial charge on any atom is -0.389 e. The number of aryl methyl sites for hydroxylation is 1. The number of β-amino-alcohol motifs (C(OH)–C–C–N with tert-alkyl or cyclic N) is 1. The van der Waals surface area contributed by atoms with Crippen molar-refractivity contribution in [1.82, 2.24) is 24.4 Å². The minimum absolute atomic E-state index is 0.0545. The molecule has 3 aromatic heterocycles. The molecule has 9 nitrogen and oxygen atoms in total. The predicted octanol–water partition coefficient (Wildman–Crippen LogP) is 3.30. The van der Waals surface area contributed by atoms with E-state index in [9.17, 15) is 19.1 Å². The van der Waals surface area contributed by atoms with E-state index < -0.39 is 18.2 Å². The van der Waals surface area contributed by atoms with Gasteiger partial charge in [-0.25, -0.2) is 18.4 Å². The molecule has 3 aromatic rings. The van der Waals surface area contributed by atoms with E-state index in [1.807, 2.05) is 47.5 Å². The van der Waals surface area contributed by atoms with Crippen LogP contribution in [0.3, 0.4) is 0 Å². The number of aliphatic hydroxyl groups is 1. The van der Waals surface area contributed by atoms with Gasteiger partial charge < -0.3 is 10.0 Å². The molecule has 1 saturated heterocycles. The molecule has 0 spiro atoms. The molecule has 35 heavy (non-hydrogen) atoms. The Bertz CT molecular complexity index is 1480. The number of allylic oxidation sites excluding steroid dienone is 5. The topological polar surface area (TPSA) is 108 Å². The second-order valence-corrected chi connectivity index (χ2v) is 8.05. The molecule has 1 N–H and O–H groups in total. The number of alkyl halides is 2. The molecule has 1 aliphatic carbocycles. The number of rotatable bonds is 5. The average molecular weight is 474 g/mol. The van der Waals surface area contributed by atoms with E-state index in [2.05, 4.69) is 26.8 Å². The van der Waals surface area contributed by atoms with Crippen molar-refractivity contribution in [3.8, 4) is 6.07 Å². The second-order valence-electron chi connectivity index (χ2n) is 8.05. The Labute approximate surface area is 198 Å². The number of hydrogen-bond donors (Lipinski definition) is 1. The molecular weight excluding hydrogens is 454 g/mol. The van der Waals surface area contributed by atoms with Crippen LogP contribution in [-0.2, 0) is 0 Å². The standard InChI is InChI=1S/C24H20F2N8O/c1-3-28-20-10-16(33-8-4-7-29-33)6-5-15(20)9-18-14(2)30-23-19(11-27)21(22(25)26)31-34(23)24(18)32-12-17(35)13-32/h3-10,17,22,35H,1,12-13H2,2H3/b15-9+,28-20?. The lowest BCUT2D eigenvalue weighted by atomic mass is 9.99. The summed E-state index contributed by atoms with van der Waals surface area (Å²) >= 11 is 0. The van der Waals surface area contributed by atoms with Crippen molar-refractivity contribution < 1.29 is 13.9 Å². The zero-order valence-corrected chi connectivity index (χ0v) is 18.7. The summed E-state index contributed by atoms with van der Waals surface area (Å²) in [5.74, 6) is 0.474. The smallest absolute Gasteiger partial charge is 0.283 e. The highest BCUT2D eigenvalue weighted by molar-refractivity contribution is 6.18. The Morgan fingerprint density at radius 3 is 2.77 bits per heavy atom. The maximum absolute atomic E-state index is 13.6. The molecule has 11 heteroatoms. The van der Waals surface area contributed by atoms with E-state index in [4.69, 9.17) is 0 Å². The van der Waals surface area contributed by atoms with Gasteiger partial charge in [-0.05, 0) is 31.2 Å². The molecule has 0 aromatic carbocycles. The van der Waals surface area contributed by atoms with Crippen LogP contribution in [0.15, 0.2) is 60.0 Å². The Kier molecular flexibility index (Phi) is 5.58. The fourth-order valence-electron chi connectivity index (χ4n) is 4.12. The fourth-order valence-corrected chi connectivity index (χ4v) is 4.12. The van der Waals surface area contributed by atoms with Crippen LogP contribution in [0.4, 0.5) is 14.6 Å². The van der Waals surface area contributed by atoms with Gasteiger partial charge >= 0.3 is 0 Å². The fraction of sp³-hybridized carbons (Fsp3) is 0.208. The van der Waals surface area contributed by atoms with E-state index >= 15 is 0 Å². The van der Waals surface area contributed by atoms with Gasteiger partial charge in [0.05, 0.1) is 23.2 Å². The van der Waals surface area contributed by atoms with E-state index in [0.717, 1.165) is 11.3 Å². The third-order valence-electron chi connectivity index (χ3n) is 5.79. The lowest BCUT2D eigenvalue weighted by molar-refractivity contribution is 0.139. The van der Waals surface area contributed by atoms with Crippen molar-refractivity contribution in [2.75, 3.05) is 18.0 Å². The van der Waals surface area contributed by atoms with Crippen molar-refractivity contribution in [1.29, 1.82) is 5.26 Å². The minimum atomic E-state index is -2.93. The molecule has 0 radical (unpaired) electrons.